The monoisotopic (exact) mass is 625 g/mol. The van der Waals surface area contributed by atoms with Crippen molar-refractivity contribution in [2.75, 3.05) is 46.9 Å². The van der Waals surface area contributed by atoms with Crippen LogP contribution in [0.2, 0.25) is 0 Å². The molecule has 0 radical (unpaired) electrons. The number of aliphatic hydroxyl groups excluding tert-OH is 1. The summed E-state index contributed by atoms with van der Waals surface area (Å²) in [6.45, 7) is 4.34. The van der Waals surface area contributed by atoms with E-state index < -0.39 is 82.6 Å². The van der Waals surface area contributed by atoms with Gasteiger partial charge in [-0.15, -0.1) is 0 Å². The summed E-state index contributed by atoms with van der Waals surface area (Å²) in [6.07, 6.45) is -4.61. The molecule has 2 fully saturated rings. The number of phenols is 2. The van der Waals surface area contributed by atoms with Gasteiger partial charge in [0.05, 0.1) is 48.7 Å². The Kier molecular flexibility index (Phi) is 8.23. The van der Waals surface area contributed by atoms with Gasteiger partial charge >= 0.3 is 0 Å². The fraction of sp³-hybridized carbons (Fsp3) is 0.531. The number of nitrogens with two attached hydrogens (primary N) is 1. The maximum absolute atomic E-state index is 13.9. The van der Waals surface area contributed by atoms with Crippen LogP contribution in [-0.2, 0) is 20.7 Å². The van der Waals surface area contributed by atoms with Crippen molar-refractivity contribution in [1.82, 2.24) is 9.80 Å². The van der Waals surface area contributed by atoms with E-state index in [1.54, 1.807) is 6.92 Å². The Bertz CT molecular complexity index is 1540. The number of likely N-dealkylation sites (N-methyl/N-ethyl adjacent to an activating group) is 1. The highest BCUT2D eigenvalue weighted by Crippen LogP contribution is 2.52. The van der Waals surface area contributed by atoms with Crippen molar-refractivity contribution in [2.24, 2.45) is 5.73 Å². The van der Waals surface area contributed by atoms with Crippen LogP contribution in [0.15, 0.2) is 18.2 Å². The summed E-state index contributed by atoms with van der Waals surface area (Å²) in [7, 11) is 3.34. The topological polar surface area (TPSA) is 192 Å². The highest BCUT2D eigenvalue weighted by molar-refractivity contribution is 6.31. The molecule has 6 atom stereocenters. The summed E-state index contributed by atoms with van der Waals surface area (Å²) in [5, 5.41) is 45.6. The van der Waals surface area contributed by atoms with Crippen molar-refractivity contribution in [3.8, 4) is 17.2 Å². The molecule has 2 aliphatic heterocycles. The molecule has 2 aromatic carbocycles. The first kappa shape index (κ1) is 31.5. The summed E-state index contributed by atoms with van der Waals surface area (Å²) in [6, 6.07) is 3.78. The molecule has 6 N–H and O–H groups in total. The number of carbonyl (C=O) groups is 3. The fourth-order valence-electron chi connectivity index (χ4n) is 6.96. The van der Waals surface area contributed by atoms with Crippen molar-refractivity contribution in [2.45, 2.75) is 62.4 Å². The molecule has 0 aromatic heterocycles. The summed E-state index contributed by atoms with van der Waals surface area (Å²) < 4.78 is 17.4. The van der Waals surface area contributed by atoms with Gasteiger partial charge in [0.2, 0.25) is 5.78 Å². The number of ketones is 3. The number of carbonyl (C=O) groups excluding carboxylic acids is 3. The molecular formula is C32H39N3O10. The van der Waals surface area contributed by atoms with Crippen LogP contribution in [-0.4, -0.2) is 125 Å². The molecule has 0 spiro atoms. The third kappa shape index (κ3) is 5.31. The maximum atomic E-state index is 13.9. The van der Waals surface area contributed by atoms with Crippen LogP contribution in [0.1, 0.15) is 68.8 Å². The van der Waals surface area contributed by atoms with Crippen molar-refractivity contribution < 1.29 is 49.0 Å². The van der Waals surface area contributed by atoms with E-state index >= 15 is 0 Å². The van der Waals surface area contributed by atoms with E-state index in [2.05, 4.69) is 4.90 Å². The number of fused-ring (bicyclic) bond motifs is 3. The lowest BCUT2D eigenvalue weighted by molar-refractivity contribution is -0.247. The van der Waals surface area contributed by atoms with E-state index in [9.17, 15) is 34.8 Å². The standard InChI is InChI=1S/C32H39N3O10/c1-15-27(37)18(33)11-22(44-15)45-20-13-32(42,21(36)14-35-9-7-34(2)8-10-35)12-17-24(20)31(41)26-25(29(17)39)28(38)16-5-4-6-19(43-3)23(16)30(26)40/h4-6,15,18,20,22,27,37,39,41-42H,7-14,33H2,1-3H3/t15-,18+,20+,22-,27-,32-/m0/s1. The summed E-state index contributed by atoms with van der Waals surface area (Å²) >= 11 is 0. The lowest BCUT2D eigenvalue weighted by atomic mass is 9.71. The second-order valence-corrected chi connectivity index (χ2v) is 12.6. The number of benzene rings is 2. The van der Waals surface area contributed by atoms with Gasteiger partial charge in [0, 0.05) is 68.2 Å². The average molecular weight is 626 g/mol. The Morgan fingerprint density at radius 2 is 1.78 bits per heavy atom. The summed E-state index contributed by atoms with van der Waals surface area (Å²) in [5.41, 5.74) is 3.07. The lowest BCUT2D eigenvalue weighted by Crippen LogP contribution is -2.54. The van der Waals surface area contributed by atoms with Crippen molar-refractivity contribution in [1.29, 1.82) is 0 Å². The molecule has 13 heteroatoms. The Morgan fingerprint density at radius 3 is 2.44 bits per heavy atom. The van der Waals surface area contributed by atoms with Gasteiger partial charge in [-0.2, -0.15) is 0 Å². The molecule has 2 heterocycles. The average Bonchev–Trinajstić information content (AvgIpc) is 3.00. The number of methoxy groups -OCH3 is 1. The molecule has 45 heavy (non-hydrogen) atoms. The first-order chi connectivity index (χ1) is 21.3. The molecule has 0 saturated carbocycles. The largest absolute Gasteiger partial charge is 0.507 e. The number of ether oxygens (including phenoxy) is 3. The molecule has 242 valence electrons. The number of phenolic OH excluding ortho intramolecular Hbond substituents is 2. The smallest absolute Gasteiger partial charge is 0.202 e. The van der Waals surface area contributed by atoms with Crippen molar-refractivity contribution >= 4 is 17.3 Å². The quantitative estimate of drug-likeness (QED) is 0.235. The first-order valence-corrected chi connectivity index (χ1v) is 15.1. The first-order valence-electron chi connectivity index (χ1n) is 15.1. The van der Waals surface area contributed by atoms with Crippen LogP contribution in [0.5, 0.6) is 17.2 Å². The number of aromatic hydroxyl groups is 2. The van der Waals surface area contributed by atoms with E-state index in [0.29, 0.717) is 13.1 Å². The molecule has 2 aliphatic carbocycles. The number of nitrogens with zero attached hydrogens (tertiary/aromatic N) is 2. The molecule has 6 rings (SSSR count). The lowest BCUT2D eigenvalue weighted by Gasteiger charge is -2.43. The third-order valence-electron chi connectivity index (χ3n) is 9.62. The van der Waals surface area contributed by atoms with Gasteiger partial charge in [-0.25, -0.2) is 0 Å². The highest BCUT2D eigenvalue weighted by Gasteiger charge is 2.50. The van der Waals surface area contributed by atoms with Crippen molar-refractivity contribution in [3.63, 3.8) is 0 Å². The van der Waals surface area contributed by atoms with E-state index in [1.807, 2.05) is 11.9 Å². The number of hydrogen-bond donors (Lipinski definition) is 5. The Morgan fingerprint density at radius 1 is 1.09 bits per heavy atom. The highest BCUT2D eigenvalue weighted by atomic mass is 16.7. The molecule has 0 bridgehead atoms. The van der Waals surface area contributed by atoms with Gasteiger partial charge in [0.25, 0.3) is 0 Å². The van der Waals surface area contributed by atoms with Gasteiger partial charge in [-0.3, -0.25) is 19.3 Å². The van der Waals surface area contributed by atoms with Crippen LogP contribution < -0.4 is 10.5 Å². The molecule has 13 nitrogen and oxygen atoms in total. The van der Waals surface area contributed by atoms with Crippen LogP contribution in [0, 0.1) is 0 Å². The van der Waals surface area contributed by atoms with E-state index in [4.69, 9.17) is 19.9 Å². The summed E-state index contributed by atoms with van der Waals surface area (Å²) in [5.74, 6) is -3.04. The fourth-order valence-corrected chi connectivity index (χ4v) is 6.96. The van der Waals surface area contributed by atoms with Crippen LogP contribution in [0.3, 0.4) is 0 Å². The van der Waals surface area contributed by atoms with E-state index in [0.717, 1.165) is 13.1 Å². The minimum Gasteiger partial charge on any atom is -0.507 e. The van der Waals surface area contributed by atoms with Gasteiger partial charge in [-0.1, -0.05) is 12.1 Å². The summed E-state index contributed by atoms with van der Waals surface area (Å²) in [4.78, 5) is 45.5. The van der Waals surface area contributed by atoms with Gasteiger partial charge in [0.1, 0.15) is 22.8 Å². The number of Topliss-reactive ketones (excluding diaryl/α,β-unsaturated/α-hetero) is 1. The Labute approximate surface area is 260 Å². The molecule has 2 aromatic rings. The zero-order chi connectivity index (χ0) is 32.4. The maximum Gasteiger partial charge on any atom is 0.202 e. The molecule has 0 unspecified atom stereocenters. The predicted molar refractivity (Wildman–Crippen MR) is 159 cm³/mol. The van der Waals surface area contributed by atoms with E-state index in [-0.39, 0.29) is 47.4 Å². The molecule has 4 aliphatic rings. The molecule has 0 amide bonds. The van der Waals surface area contributed by atoms with Crippen LogP contribution >= 0.6 is 0 Å². The second-order valence-electron chi connectivity index (χ2n) is 12.6. The second kappa shape index (κ2) is 11.7. The SMILES string of the molecule is COc1cccc2c1C(=O)c1c(O)c3c(c(O)c1C2=O)C[C@@](O)(C(=O)CN1CCN(C)CC1)C[C@H]3O[C@H]1C[C@@H](N)[C@@H](O)[C@H](C)O1. The van der Waals surface area contributed by atoms with Gasteiger partial charge < -0.3 is 45.3 Å². The Balaban J connectivity index is 1.44. The zero-order valence-corrected chi connectivity index (χ0v) is 25.5. The van der Waals surface area contributed by atoms with Gasteiger partial charge in [0.15, 0.2) is 17.9 Å². The molecular weight excluding hydrogens is 586 g/mol. The zero-order valence-electron chi connectivity index (χ0n) is 25.5. The third-order valence-corrected chi connectivity index (χ3v) is 9.62. The van der Waals surface area contributed by atoms with Crippen LogP contribution in [0.4, 0.5) is 0 Å². The number of aliphatic hydroxyl groups is 2. The predicted octanol–water partition coefficient (Wildman–Crippen LogP) is 0.256. The normalized spacial score (nSPS) is 30.4. The minimum absolute atomic E-state index is 0.0105. The van der Waals surface area contributed by atoms with Gasteiger partial charge in [-0.05, 0) is 20.0 Å². The van der Waals surface area contributed by atoms with E-state index in [1.165, 1.54) is 25.3 Å². The van der Waals surface area contributed by atoms with Crippen molar-refractivity contribution in [3.05, 3.63) is 51.6 Å². The number of rotatable bonds is 6. The van der Waals surface area contributed by atoms with Crippen LogP contribution in [0.25, 0.3) is 0 Å². The Hall–Kier alpha value is -3.43. The minimum atomic E-state index is -2.05. The molecule has 2 saturated heterocycles. The number of piperazine rings is 1. The number of hydrogen-bond acceptors (Lipinski definition) is 13.